The largest absolute Gasteiger partial charge is 0.343 e. The Morgan fingerprint density at radius 2 is 1.78 bits per heavy atom. The normalized spacial score (nSPS) is 11.0. The van der Waals surface area contributed by atoms with Gasteiger partial charge in [-0.05, 0) is 36.8 Å². The van der Waals surface area contributed by atoms with Crippen LogP contribution >= 0.6 is 0 Å². The summed E-state index contributed by atoms with van der Waals surface area (Å²) in [6, 6.07) is 15.3. The number of aromatic nitrogens is 1. The first-order valence-electron chi connectivity index (χ1n) is 6.02. The molecule has 0 bridgehead atoms. The van der Waals surface area contributed by atoms with Crippen LogP contribution in [0.2, 0.25) is 0 Å². The van der Waals surface area contributed by atoms with E-state index in [1.807, 2.05) is 18.3 Å². The summed E-state index contributed by atoms with van der Waals surface area (Å²) in [4.78, 5) is 0. The van der Waals surface area contributed by atoms with Crippen LogP contribution in [0.15, 0.2) is 54.7 Å². The van der Waals surface area contributed by atoms with Crippen LogP contribution in [-0.4, -0.2) is 4.57 Å². The molecular weight excluding hydrogens is 225 g/mol. The highest BCUT2D eigenvalue weighted by Gasteiger charge is 2.02. The monoisotopic (exact) mass is 239 g/mol. The summed E-state index contributed by atoms with van der Waals surface area (Å²) in [6.07, 6.45) is 2.00. The molecule has 0 unspecified atom stereocenters. The molecule has 0 fully saturated rings. The summed E-state index contributed by atoms with van der Waals surface area (Å²) in [7, 11) is 0. The summed E-state index contributed by atoms with van der Waals surface area (Å²) < 4.78 is 15.2. The summed E-state index contributed by atoms with van der Waals surface area (Å²) in [5.74, 6) is -0.185. The van der Waals surface area contributed by atoms with Crippen molar-refractivity contribution in [1.29, 1.82) is 0 Å². The van der Waals surface area contributed by atoms with Crippen molar-refractivity contribution in [2.45, 2.75) is 13.5 Å². The maximum absolute atomic E-state index is 13.1. The smallest absolute Gasteiger partial charge is 0.123 e. The molecule has 0 aliphatic rings. The minimum absolute atomic E-state index is 0.185. The molecule has 1 nitrogen and oxygen atoms in total. The number of halogens is 1. The van der Waals surface area contributed by atoms with Crippen molar-refractivity contribution in [3.63, 3.8) is 0 Å². The minimum Gasteiger partial charge on any atom is -0.343 e. The molecule has 1 heterocycles. The van der Waals surface area contributed by atoms with Gasteiger partial charge >= 0.3 is 0 Å². The Kier molecular flexibility index (Phi) is 2.63. The first-order chi connectivity index (χ1) is 8.72. The van der Waals surface area contributed by atoms with Crippen molar-refractivity contribution in [3.05, 3.63) is 71.7 Å². The van der Waals surface area contributed by atoms with Crippen LogP contribution < -0.4 is 0 Å². The van der Waals surface area contributed by atoms with Crippen LogP contribution in [0.25, 0.3) is 10.9 Å². The molecule has 0 saturated heterocycles. The van der Waals surface area contributed by atoms with Gasteiger partial charge in [0.1, 0.15) is 5.82 Å². The minimum atomic E-state index is -0.185. The van der Waals surface area contributed by atoms with Crippen molar-refractivity contribution in [3.8, 4) is 0 Å². The molecule has 0 aliphatic carbocycles. The summed E-state index contributed by atoms with van der Waals surface area (Å²) in [5.41, 5.74) is 3.58. The van der Waals surface area contributed by atoms with E-state index >= 15 is 0 Å². The van der Waals surface area contributed by atoms with Gasteiger partial charge in [-0.15, -0.1) is 0 Å². The van der Waals surface area contributed by atoms with Gasteiger partial charge in [0, 0.05) is 23.6 Å². The summed E-state index contributed by atoms with van der Waals surface area (Å²) >= 11 is 0. The van der Waals surface area contributed by atoms with E-state index in [2.05, 4.69) is 35.8 Å². The number of hydrogen-bond acceptors (Lipinski definition) is 0. The van der Waals surface area contributed by atoms with Crippen molar-refractivity contribution in [1.82, 2.24) is 4.57 Å². The Hall–Kier alpha value is -2.09. The number of rotatable bonds is 2. The third-order valence-corrected chi connectivity index (χ3v) is 3.21. The standard InChI is InChI=1S/C16H14FN/c1-12-2-4-13(5-3-12)11-18-9-8-14-10-15(17)6-7-16(14)18/h2-10H,11H2,1H3. The van der Waals surface area contributed by atoms with E-state index in [-0.39, 0.29) is 5.82 Å². The van der Waals surface area contributed by atoms with Gasteiger partial charge in [0.15, 0.2) is 0 Å². The number of hydrogen-bond donors (Lipinski definition) is 0. The third kappa shape index (κ3) is 2.02. The zero-order valence-electron chi connectivity index (χ0n) is 10.2. The van der Waals surface area contributed by atoms with E-state index in [4.69, 9.17) is 0 Å². The van der Waals surface area contributed by atoms with Gasteiger partial charge in [0.05, 0.1) is 0 Å². The number of benzene rings is 2. The maximum Gasteiger partial charge on any atom is 0.123 e. The molecule has 18 heavy (non-hydrogen) atoms. The average molecular weight is 239 g/mol. The molecule has 0 N–H and O–H groups in total. The van der Waals surface area contributed by atoms with Crippen LogP contribution in [0.3, 0.4) is 0 Å². The predicted octanol–water partition coefficient (Wildman–Crippen LogP) is 4.14. The molecule has 0 aliphatic heterocycles. The molecule has 2 heteroatoms. The van der Waals surface area contributed by atoms with Crippen LogP contribution in [0.5, 0.6) is 0 Å². The lowest BCUT2D eigenvalue weighted by Gasteiger charge is -2.06. The van der Waals surface area contributed by atoms with Gasteiger partial charge in [-0.2, -0.15) is 0 Å². The number of fused-ring (bicyclic) bond motifs is 1. The second kappa shape index (κ2) is 4.30. The second-order valence-corrected chi connectivity index (χ2v) is 4.63. The van der Waals surface area contributed by atoms with E-state index in [9.17, 15) is 4.39 Å². The first kappa shape index (κ1) is 11.0. The van der Waals surface area contributed by atoms with Crippen LogP contribution in [0.1, 0.15) is 11.1 Å². The molecule has 1 aromatic heterocycles. The Morgan fingerprint density at radius 1 is 1.00 bits per heavy atom. The first-order valence-corrected chi connectivity index (χ1v) is 6.02. The highest BCUT2D eigenvalue weighted by molar-refractivity contribution is 5.80. The van der Waals surface area contributed by atoms with Gasteiger partial charge in [0.25, 0.3) is 0 Å². The number of nitrogens with zero attached hydrogens (tertiary/aromatic N) is 1. The predicted molar refractivity (Wildman–Crippen MR) is 72.2 cm³/mol. The van der Waals surface area contributed by atoms with Crippen molar-refractivity contribution in [2.75, 3.05) is 0 Å². The van der Waals surface area contributed by atoms with Gasteiger partial charge in [-0.3, -0.25) is 0 Å². The molecule has 0 radical (unpaired) electrons. The molecule has 0 atom stereocenters. The maximum atomic E-state index is 13.1. The Morgan fingerprint density at radius 3 is 2.56 bits per heavy atom. The molecule has 3 rings (SSSR count). The summed E-state index contributed by atoms with van der Waals surface area (Å²) in [6.45, 7) is 2.90. The zero-order chi connectivity index (χ0) is 12.5. The summed E-state index contributed by atoms with van der Waals surface area (Å²) in [5, 5.41) is 0.946. The lowest BCUT2D eigenvalue weighted by molar-refractivity contribution is 0.629. The Bertz CT molecular complexity index is 680. The number of aryl methyl sites for hydroxylation is 1. The van der Waals surface area contributed by atoms with E-state index < -0.39 is 0 Å². The van der Waals surface area contributed by atoms with E-state index in [1.54, 1.807) is 6.07 Å². The topological polar surface area (TPSA) is 4.93 Å². The van der Waals surface area contributed by atoms with Gasteiger partial charge in [-0.1, -0.05) is 29.8 Å². The Balaban J connectivity index is 1.97. The fourth-order valence-corrected chi connectivity index (χ4v) is 2.20. The van der Waals surface area contributed by atoms with Crippen molar-refractivity contribution < 1.29 is 4.39 Å². The van der Waals surface area contributed by atoms with Crippen LogP contribution in [0, 0.1) is 12.7 Å². The molecule has 2 aromatic carbocycles. The second-order valence-electron chi connectivity index (χ2n) is 4.63. The third-order valence-electron chi connectivity index (χ3n) is 3.21. The van der Waals surface area contributed by atoms with Crippen LogP contribution in [-0.2, 0) is 6.54 Å². The molecule has 90 valence electrons. The lowest BCUT2D eigenvalue weighted by atomic mass is 10.1. The quantitative estimate of drug-likeness (QED) is 0.633. The molecule has 0 saturated carbocycles. The molecular formula is C16H14FN. The lowest BCUT2D eigenvalue weighted by Crippen LogP contribution is -1.97. The SMILES string of the molecule is Cc1ccc(Cn2ccc3cc(F)ccc32)cc1. The van der Waals surface area contributed by atoms with E-state index in [1.165, 1.54) is 17.2 Å². The van der Waals surface area contributed by atoms with Crippen molar-refractivity contribution >= 4 is 10.9 Å². The highest BCUT2D eigenvalue weighted by atomic mass is 19.1. The fourth-order valence-electron chi connectivity index (χ4n) is 2.20. The van der Waals surface area contributed by atoms with Gasteiger partial charge < -0.3 is 4.57 Å². The van der Waals surface area contributed by atoms with Gasteiger partial charge in [-0.25, -0.2) is 4.39 Å². The van der Waals surface area contributed by atoms with E-state index in [0.717, 1.165) is 17.4 Å². The molecule has 0 spiro atoms. The van der Waals surface area contributed by atoms with Gasteiger partial charge in [0.2, 0.25) is 0 Å². The highest BCUT2D eigenvalue weighted by Crippen LogP contribution is 2.18. The fraction of sp³-hybridized carbons (Fsp3) is 0.125. The van der Waals surface area contributed by atoms with Crippen molar-refractivity contribution in [2.24, 2.45) is 0 Å². The zero-order valence-corrected chi connectivity index (χ0v) is 10.2. The average Bonchev–Trinajstić information content (AvgIpc) is 2.74. The Labute approximate surface area is 105 Å². The van der Waals surface area contributed by atoms with E-state index in [0.29, 0.717) is 0 Å². The molecule has 0 amide bonds. The molecule has 3 aromatic rings. The van der Waals surface area contributed by atoms with Crippen LogP contribution in [0.4, 0.5) is 4.39 Å².